The summed E-state index contributed by atoms with van der Waals surface area (Å²) in [5.74, 6) is -0.204. The Balaban J connectivity index is 4.25. The van der Waals surface area contributed by atoms with Crippen molar-refractivity contribution < 1.29 is 32.9 Å². The number of nitrogens with one attached hydrogen (secondary N) is 1. The number of aliphatic hydroxyl groups excluding tert-OH is 1. The van der Waals surface area contributed by atoms with Crippen molar-refractivity contribution >= 4 is 13.7 Å². The first-order valence-electron chi connectivity index (χ1n) is 16.0. The number of hydrogen-bond donors (Lipinski definition) is 3. The number of carbonyl (C=O) groups excluding carboxylic acids is 1. The number of likely N-dealkylation sites (N-methyl/N-ethyl adjacent to an activating group) is 1. The van der Waals surface area contributed by atoms with Gasteiger partial charge in [0.15, 0.2) is 0 Å². The lowest BCUT2D eigenvalue weighted by atomic mass is 10.1. The Morgan fingerprint density at radius 2 is 1.43 bits per heavy atom. The summed E-state index contributed by atoms with van der Waals surface area (Å²) in [5.41, 5.74) is 0. The van der Waals surface area contributed by atoms with Crippen molar-refractivity contribution in [3.63, 3.8) is 0 Å². The largest absolute Gasteiger partial charge is 0.472 e. The van der Waals surface area contributed by atoms with Gasteiger partial charge >= 0.3 is 7.82 Å². The number of unbranched alkanes of at least 4 members (excludes halogenated alkanes) is 8. The van der Waals surface area contributed by atoms with E-state index in [9.17, 15) is 19.4 Å². The normalized spacial score (nSPS) is 15.7. The Kier molecular flexibility index (Phi) is 25.0. The topological polar surface area (TPSA) is 105 Å². The first-order chi connectivity index (χ1) is 20.0. The fraction of sp³-hybridized carbons (Fsp3) is 0.727. The molecular weight excluding hydrogens is 551 g/mol. The van der Waals surface area contributed by atoms with Gasteiger partial charge in [-0.15, -0.1) is 0 Å². The molecule has 0 fully saturated rings. The summed E-state index contributed by atoms with van der Waals surface area (Å²) in [5, 5.41) is 13.4. The molecule has 0 saturated heterocycles. The van der Waals surface area contributed by atoms with Gasteiger partial charge in [-0.1, -0.05) is 101 Å². The predicted octanol–water partition coefficient (Wildman–Crippen LogP) is 7.40. The van der Waals surface area contributed by atoms with Crippen LogP contribution in [0.4, 0.5) is 0 Å². The third-order valence-electron chi connectivity index (χ3n) is 6.54. The van der Waals surface area contributed by atoms with Gasteiger partial charge in [0, 0.05) is 6.42 Å². The number of nitrogens with zero attached hydrogens (tertiary/aromatic N) is 1. The third kappa shape index (κ3) is 27.3. The zero-order valence-electron chi connectivity index (χ0n) is 27.2. The summed E-state index contributed by atoms with van der Waals surface area (Å²) >= 11 is 0. The molecule has 3 atom stereocenters. The lowest BCUT2D eigenvalue weighted by Gasteiger charge is -2.25. The molecule has 0 aromatic heterocycles. The van der Waals surface area contributed by atoms with E-state index in [-0.39, 0.29) is 19.1 Å². The zero-order valence-corrected chi connectivity index (χ0v) is 28.1. The second kappa shape index (κ2) is 25.9. The maximum atomic E-state index is 12.6. The van der Waals surface area contributed by atoms with E-state index in [1.165, 1.54) is 19.3 Å². The molecule has 8 nitrogen and oxygen atoms in total. The van der Waals surface area contributed by atoms with Crippen molar-refractivity contribution in [2.24, 2.45) is 0 Å². The van der Waals surface area contributed by atoms with Crippen LogP contribution in [0.3, 0.4) is 0 Å². The number of allylic oxidation sites excluding steroid dienone is 7. The number of carbonyl (C=O) groups is 1. The Morgan fingerprint density at radius 3 is 2.05 bits per heavy atom. The molecule has 3 N–H and O–H groups in total. The van der Waals surface area contributed by atoms with E-state index in [1.807, 2.05) is 34.1 Å². The first kappa shape index (κ1) is 40.5. The smallest absolute Gasteiger partial charge is 0.387 e. The van der Waals surface area contributed by atoms with Crippen LogP contribution in [0.1, 0.15) is 104 Å². The van der Waals surface area contributed by atoms with E-state index in [2.05, 4.69) is 48.7 Å². The van der Waals surface area contributed by atoms with Crippen molar-refractivity contribution in [1.29, 1.82) is 0 Å². The van der Waals surface area contributed by atoms with Crippen molar-refractivity contribution in [2.75, 3.05) is 40.9 Å². The second-order valence-corrected chi connectivity index (χ2v) is 13.3. The maximum Gasteiger partial charge on any atom is 0.472 e. The van der Waals surface area contributed by atoms with Crippen molar-refractivity contribution in [3.05, 3.63) is 48.6 Å². The predicted molar refractivity (Wildman–Crippen MR) is 175 cm³/mol. The first-order valence-corrected chi connectivity index (χ1v) is 17.5. The zero-order chi connectivity index (χ0) is 31.5. The molecule has 1 amide bonds. The minimum absolute atomic E-state index is 0.0553. The number of rotatable bonds is 27. The Labute approximate surface area is 257 Å². The van der Waals surface area contributed by atoms with Crippen LogP contribution in [0.15, 0.2) is 48.6 Å². The second-order valence-electron chi connectivity index (χ2n) is 11.8. The number of quaternary nitrogens is 1. The fourth-order valence-electron chi connectivity index (χ4n) is 3.94. The summed E-state index contributed by atoms with van der Waals surface area (Å²) in [6.07, 6.45) is 29.7. The highest BCUT2D eigenvalue weighted by molar-refractivity contribution is 7.47. The fourth-order valence-corrected chi connectivity index (χ4v) is 4.68. The molecule has 0 saturated carbocycles. The Morgan fingerprint density at radius 1 is 0.833 bits per heavy atom. The maximum absolute atomic E-state index is 12.6. The summed E-state index contributed by atoms with van der Waals surface area (Å²) in [6.45, 7) is 4.43. The standard InChI is InChI=1S/C33H61N2O6P/c1-6-8-10-11-12-13-14-15-16-17-18-19-20-21-22-23-25-27-33(37)34-31(32(36)26-24-9-7-2)30-41-42(38,39)40-29-28-35(3,4)5/h8,10,12-13,15-16,24,26,31-32,36H,6-7,9,11,14,17-23,25,27-30H2,1-5H3,(H-,34,37,38,39)/p+1/b10-8-,13-12-,16-15-,26-24+. The van der Waals surface area contributed by atoms with E-state index in [4.69, 9.17) is 9.05 Å². The monoisotopic (exact) mass is 613 g/mol. The van der Waals surface area contributed by atoms with Gasteiger partial charge in [0.25, 0.3) is 0 Å². The van der Waals surface area contributed by atoms with Crippen LogP contribution in [-0.4, -0.2) is 73.4 Å². The van der Waals surface area contributed by atoms with E-state index in [1.54, 1.807) is 6.08 Å². The molecule has 244 valence electrons. The van der Waals surface area contributed by atoms with Crippen molar-refractivity contribution in [3.8, 4) is 0 Å². The highest BCUT2D eigenvalue weighted by atomic mass is 31.2. The van der Waals surface area contributed by atoms with E-state index in [0.29, 0.717) is 17.4 Å². The van der Waals surface area contributed by atoms with Crippen LogP contribution >= 0.6 is 7.82 Å². The minimum Gasteiger partial charge on any atom is -0.387 e. The number of phosphoric ester groups is 1. The van der Waals surface area contributed by atoms with Gasteiger partial charge in [-0.2, -0.15) is 0 Å². The van der Waals surface area contributed by atoms with Crippen LogP contribution in [0, 0.1) is 0 Å². The molecule has 0 aliphatic carbocycles. The average molecular weight is 614 g/mol. The van der Waals surface area contributed by atoms with Crippen LogP contribution in [-0.2, 0) is 18.4 Å². The lowest BCUT2D eigenvalue weighted by molar-refractivity contribution is -0.870. The van der Waals surface area contributed by atoms with E-state index in [0.717, 1.165) is 64.2 Å². The summed E-state index contributed by atoms with van der Waals surface area (Å²) in [7, 11) is 1.54. The van der Waals surface area contributed by atoms with Crippen molar-refractivity contribution in [1.82, 2.24) is 5.32 Å². The van der Waals surface area contributed by atoms with Gasteiger partial charge in [-0.25, -0.2) is 4.57 Å². The van der Waals surface area contributed by atoms with Gasteiger partial charge in [-0.05, 0) is 44.9 Å². The molecule has 0 aromatic rings. The Bertz CT molecular complexity index is 835. The molecule has 0 radical (unpaired) electrons. The van der Waals surface area contributed by atoms with Gasteiger partial charge in [0.1, 0.15) is 13.2 Å². The van der Waals surface area contributed by atoms with E-state index < -0.39 is 20.0 Å². The summed E-state index contributed by atoms with van der Waals surface area (Å²) in [4.78, 5) is 22.6. The quantitative estimate of drug-likeness (QED) is 0.0386. The number of aliphatic hydroxyl groups is 1. The molecule has 0 heterocycles. The van der Waals surface area contributed by atoms with Crippen LogP contribution in [0.25, 0.3) is 0 Å². The molecule has 0 aliphatic heterocycles. The van der Waals surface area contributed by atoms with Gasteiger partial charge in [0.05, 0.1) is 39.9 Å². The van der Waals surface area contributed by atoms with E-state index >= 15 is 0 Å². The molecule has 0 spiro atoms. The highest BCUT2D eigenvalue weighted by Crippen LogP contribution is 2.43. The molecule has 0 aliphatic rings. The van der Waals surface area contributed by atoms with Gasteiger partial charge < -0.3 is 19.8 Å². The Hall–Kier alpha value is -1.54. The molecule has 0 rings (SSSR count). The molecule has 0 aromatic carbocycles. The molecule has 3 unspecified atom stereocenters. The highest BCUT2D eigenvalue weighted by Gasteiger charge is 2.27. The number of hydrogen-bond acceptors (Lipinski definition) is 5. The SMILES string of the molecule is CC/C=C\C/C=C\C/C=C\CCCCCCCCCC(=O)NC(COP(=O)(O)OCC[N+](C)(C)C)C(O)/C=C/CCC. The molecular formula is C33H62N2O6P+. The molecule has 42 heavy (non-hydrogen) atoms. The van der Waals surface area contributed by atoms with Crippen LogP contribution in [0.2, 0.25) is 0 Å². The minimum atomic E-state index is -4.31. The van der Waals surface area contributed by atoms with Gasteiger partial charge in [-0.3, -0.25) is 13.8 Å². The lowest BCUT2D eigenvalue weighted by Crippen LogP contribution is -2.45. The van der Waals surface area contributed by atoms with Crippen LogP contribution < -0.4 is 5.32 Å². The van der Waals surface area contributed by atoms with Crippen LogP contribution in [0.5, 0.6) is 0 Å². The molecule has 9 heteroatoms. The number of phosphoric acid groups is 1. The van der Waals surface area contributed by atoms with Crippen molar-refractivity contribution in [2.45, 2.75) is 116 Å². The van der Waals surface area contributed by atoms with Gasteiger partial charge in [0.2, 0.25) is 5.91 Å². The summed E-state index contributed by atoms with van der Waals surface area (Å²) in [6, 6.07) is -0.846. The molecule has 0 bridgehead atoms. The number of amides is 1. The summed E-state index contributed by atoms with van der Waals surface area (Å²) < 4.78 is 23.1. The average Bonchev–Trinajstić information content (AvgIpc) is 2.92. The third-order valence-corrected chi connectivity index (χ3v) is 7.52.